The summed E-state index contributed by atoms with van der Waals surface area (Å²) in [4.78, 5) is 14.7. The molecule has 0 heterocycles. The number of carbonyl (C=O) groups is 1. The highest BCUT2D eigenvalue weighted by Gasteiger charge is 2.29. The molecular weight excluding hydrogens is 340 g/mol. The van der Waals surface area contributed by atoms with Gasteiger partial charge < -0.3 is 0 Å². The Morgan fingerprint density at radius 3 is 1.62 bits per heavy atom. The first-order valence-corrected chi connectivity index (χ1v) is 9.40. The Morgan fingerprint density at radius 2 is 1.19 bits per heavy atom. The van der Waals surface area contributed by atoms with Crippen LogP contribution in [-0.4, -0.2) is 11.5 Å². The second-order valence-corrected chi connectivity index (χ2v) is 7.61. The average Bonchev–Trinajstić information content (AvgIpc) is 2.73. The van der Waals surface area contributed by atoms with Crippen LogP contribution in [0.1, 0.15) is 21.5 Å². The Bertz CT molecular complexity index is 924. The Hall–Kier alpha value is -3.34. The summed E-state index contributed by atoms with van der Waals surface area (Å²) < 4.78 is 0. The average molecular weight is 355 g/mol. The van der Waals surface area contributed by atoms with Gasteiger partial charge in [0.05, 0.1) is 34.2 Å². The molecule has 3 nitrogen and oxygen atoms in total. The van der Waals surface area contributed by atoms with Crippen LogP contribution in [0.15, 0.2) is 88.7 Å². The number of rotatable bonds is 5. The third-order valence-corrected chi connectivity index (χ3v) is 6.14. The molecule has 0 amide bonds. The minimum absolute atomic E-state index is 0.0719. The van der Waals surface area contributed by atoms with Crippen molar-refractivity contribution in [3.63, 3.8) is 0 Å². The van der Waals surface area contributed by atoms with Crippen LogP contribution in [0.25, 0.3) is 0 Å². The number of hydrogen-bond donors (Lipinski definition) is 0. The van der Waals surface area contributed by atoms with E-state index in [0.29, 0.717) is 22.4 Å². The maximum Gasteiger partial charge on any atom is 0.212 e. The topological polar surface area (TPSA) is 64.7 Å². The zero-order valence-electron chi connectivity index (χ0n) is 13.9. The van der Waals surface area contributed by atoms with Crippen molar-refractivity contribution in [2.45, 2.75) is 9.79 Å². The van der Waals surface area contributed by atoms with Crippen LogP contribution >= 0.6 is 0 Å². The van der Waals surface area contributed by atoms with Gasteiger partial charge in [-0.15, -0.1) is 0 Å². The number of ketones is 1. The van der Waals surface area contributed by atoms with Crippen molar-refractivity contribution < 1.29 is 4.79 Å². The summed E-state index contributed by atoms with van der Waals surface area (Å²) in [6.07, 6.45) is 0. The summed E-state index contributed by atoms with van der Waals surface area (Å²) in [5.41, 5.74) is 1.87. The van der Waals surface area contributed by atoms with Crippen LogP contribution in [0.5, 0.6) is 0 Å². The molecular formula is C22H15N2OS+. The van der Waals surface area contributed by atoms with Crippen molar-refractivity contribution in [2.24, 2.45) is 0 Å². The fourth-order valence-electron chi connectivity index (χ4n) is 2.53. The maximum atomic E-state index is 12.8. The van der Waals surface area contributed by atoms with Crippen molar-refractivity contribution in [2.75, 3.05) is 5.75 Å². The number of carbonyl (C=O) groups excluding carboxylic acids is 1. The van der Waals surface area contributed by atoms with Gasteiger partial charge in [-0.05, 0) is 48.5 Å². The van der Waals surface area contributed by atoms with E-state index in [4.69, 9.17) is 10.5 Å². The maximum absolute atomic E-state index is 12.8. The zero-order chi connectivity index (χ0) is 18.4. The predicted molar refractivity (Wildman–Crippen MR) is 102 cm³/mol. The molecule has 4 heteroatoms. The molecule has 0 aliphatic carbocycles. The van der Waals surface area contributed by atoms with E-state index in [1.165, 1.54) is 0 Å². The van der Waals surface area contributed by atoms with Gasteiger partial charge in [0, 0.05) is 5.56 Å². The normalized spacial score (nSPS) is 10.1. The lowest BCUT2D eigenvalue weighted by molar-refractivity contribution is 0.102. The molecule has 3 aromatic carbocycles. The molecule has 0 N–H and O–H groups in total. The third kappa shape index (κ3) is 4.00. The minimum atomic E-state index is -0.471. The van der Waals surface area contributed by atoms with E-state index in [0.717, 1.165) is 9.79 Å². The van der Waals surface area contributed by atoms with E-state index in [9.17, 15) is 4.79 Å². The molecule has 0 atom stereocenters. The van der Waals surface area contributed by atoms with Gasteiger partial charge in [0.1, 0.15) is 0 Å². The van der Waals surface area contributed by atoms with E-state index in [1.807, 2.05) is 54.6 Å². The van der Waals surface area contributed by atoms with Crippen LogP contribution < -0.4 is 0 Å². The van der Waals surface area contributed by atoms with E-state index in [-0.39, 0.29) is 5.78 Å². The van der Waals surface area contributed by atoms with Gasteiger partial charge >= 0.3 is 0 Å². The first-order chi connectivity index (χ1) is 12.7. The molecule has 0 bridgehead atoms. The quantitative estimate of drug-likeness (QED) is 0.505. The molecule has 3 rings (SSSR count). The molecule has 3 aromatic rings. The van der Waals surface area contributed by atoms with Crippen molar-refractivity contribution in [3.05, 3.63) is 95.6 Å². The molecule has 26 heavy (non-hydrogen) atoms. The third-order valence-electron chi connectivity index (χ3n) is 3.91. The van der Waals surface area contributed by atoms with Gasteiger partial charge in [0.2, 0.25) is 5.78 Å². The van der Waals surface area contributed by atoms with Crippen molar-refractivity contribution >= 4 is 16.7 Å². The molecule has 0 aromatic heterocycles. The summed E-state index contributed by atoms with van der Waals surface area (Å²) in [6.45, 7) is 0. The fourth-order valence-corrected chi connectivity index (χ4v) is 4.49. The Kier molecular flexibility index (Phi) is 5.49. The van der Waals surface area contributed by atoms with Gasteiger partial charge in [-0.2, -0.15) is 10.5 Å². The SMILES string of the molecule is N#Cc1ccc([S+](CC(=O)c2ccccc2)c2ccc(C#N)cc2)cc1. The highest BCUT2D eigenvalue weighted by Crippen LogP contribution is 2.25. The van der Waals surface area contributed by atoms with E-state index in [1.54, 1.807) is 24.3 Å². The second-order valence-electron chi connectivity index (χ2n) is 5.60. The Balaban J connectivity index is 1.96. The fraction of sp³-hybridized carbons (Fsp3) is 0.0455. The molecule has 124 valence electrons. The summed E-state index contributed by atoms with van der Waals surface area (Å²) in [6, 6.07) is 28.2. The molecule has 0 fully saturated rings. The number of nitriles is 2. The van der Waals surface area contributed by atoms with Crippen LogP contribution in [0.2, 0.25) is 0 Å². The standard InChI is InChI=1S/C22H15N2OS/c23-14-17-6-10-20(11-7-17)26(21-12-8-18(15-24)9-13-21)16-22(25)19-4-2-1-3-5-19/h1-13H,16H2/q+1. The molecule has 0 radical (unpaired) electrons. The van der Waals surface area contributed by atoms with Crippen LogP contribution in [0.3, 0.4) is 0 Å². The molecule has 0 aliphatic heterocycles. The lowest BCUT2D eigenvalue weighted by Gasteiger charge is -2.08. The van der Waals surface area contributed by atoms with Crippen molar-refractivity contribution in [3.8, 4) is 12.1 Å². The molecule has 0 spiro atoms. The van der Waals surface area contributed by atoms with Gasteiger partial charge in [-0.3, -0.25) is 4.79 Å². The summed E-state index contributed by atoms with van der Waals surface area (Å²) >= 11 is 0. The molecule has 0 aliphatic rings. The van der Waals surface area contributed by atoms with Crippen LogP contribution in [0.4, 0.5) is 0 Å². The van der Waals surface area contributed by atoms with Crippen molar-refractivity contribution in [1.29, 1.82) is 10.5 Å². The molecule has 0 saturated heterocycles. The number of Topliss-reactive ketones (excluding diaryl/α,β-unsaturated/α-hetero) is 1. The smallest absolute Gasteiger partial charge is 0.212 e. The second kappa shape index (κ2) is 8.16. The zero-order valence-corrected chi connectivity index (χ0v) is 14.7. The largest absolute Gasteiger partial charge is 0.289 e. The Morgan fingerprint density at radius 1 is 0.731 bits per heavy atom. The molecule has 0 unspecified atom stereocenters. The summed E-state index contributed by atoms with van der Waals surface area (Å²) in [5.74, 6) is 0.421. The molecule has 0 saturated carbocycles. The minimum Gasteiger partial charge on any atom is -0.289 e. The lowest BCUT2D eigenvalue weighted by atomic mass is 10.2. The van der Waals surface area contributed by atoms with Gasteiger partial charge in [0.25, 0.3) is 0 Å². The van der Waals surface area contributed by atoms with E-state index in [2.05, 4.69) is 12.1 Å². The van der Waals surface area contributed by atoms with Gasteiger partial charge in [-0.25, -0.2) is 0 Å². The van der Waals surface area contributed by atoms with Gasteiger partial charge in [0.15, 0.2) is 15.5 Å². The van der Waals surface area contributed by atoms with Crippen LogP contribution in [0, 0.1) is 22.7 Å². The number of nitrogens with zero attached hydrogens (tertiary/aromatic N) is 2. The highest BCUT2D eigenvalue weighted by atomic mass is 32.2. The van der Waals surface area contributed by atoms with E-state index >= 15 is 0 Å². The highest BCUT2D eigenvalue weighted by molar-refractivity contribution is 7.97. The van der Waals surface area contributed by atoms with Crippen molar-refractivity contribution in [1.82, 2.24) is 0 Å². The predicted octanol–water partition coefficient (Wildman–Crippen LogP) is 4.35. The first-order valence-electron chi connectivity index (χ1n) is 8.01. The monoisotopic (exact) mass is 355 g/mol. The summed E-state index contributed by atoms with van der Waals surface area (Å²) in [5, 5.41) is 18.0. The number of hydrogen-bond acceptors (Lipinski definition) is 3. The lowest BCUT2D eigenvalue weighted by Crippen LogP contribution is -2.17. The van der Waals surface area contributed by atoms with Crippen LogP contribution in [-0.2, 0) is 10.9 Å². The van der Waals surface area contributed by atoms with Gasteiger partial charge in [-0.1, -0.05) is 30.3 Å². The first kappa shape index (κ1) is 17.5. The van der Waals surface area contributed by atoms with E-state index < -0.39 is 10.9 Å². The summed E-state index contributed by atoms with van der Waals surface area (Å²) in [7, 11) is -0.471. The number of benzene rings is 3. The Labute approximate surface area is 155 Å².